The first-order valence-electron chi connectivity index (χ1n) is 5.49. The minimum Gasteiger partial charge on any atom is -0.327 e. The van der Waals surface area contributed by atoms with Crippen LogP contribution < -0.4 is 5.73 Å². The summed E-state index contributed by atoms with van der Waals surface area (Å²) in [7, 11) is 0. The first-order chi connectivity index (χ1) is 8.27. The molecule has 2 atom stereocenters. The molecule has 0 bridgehead atoms. The van der Waals surface area contributed by atoms with Gasteiger partial charge in [-0.15, -0.1) is 11.8 Å². The van der Waals surface area contributed by atoms with E-state index in [1.54, 1.807) is 30.4 Å². The zero-order valence-corrected chi connectivity index (χ0v) is 10.5. The van der Waals surface area contributed by atoms with Gasteiger partial charge >= 0.3 is 0 Å². The van der Waals surface area contributed by atoms with E-state index < -0.39 is 0 Å². The van der Waals surface area contributed by atoms with Crippen molar-refractivity contribution >= 4 is 11.8 Å². The van der Waals surface area contributed by atoms with Crippen LogP contribution in [0.1, 0.15) is 17.7 Å². The minimum atomic E-state index is 0.0670. The van der Waals surface area contributed by atoms with Gasteiger partial charge in [-0.2, -0.15) is 0 Å². The topological polar surface area (TPSA) is 51.8 Å². The molecule has 0 radical (unpaired) electrons. The van der Waals surface area contributed by atoms with E-state index in [0.29, 0.717) is 0 Å². The van der Waals surface area contributed by atoms with Crippen molar-refractivity contribution in [3.8, 4) is 0 Å². The van der Waals surface area contributed by atoms with Crippen LogP contribution in [0.2, 0.25) is 0 Å². The summed E-state index contributed by atoms with van der Waals surface area (Å²) in [5.41, 5.74) is 7.21. The highest BCUT2D eigenvalue weighted by Gasteiger charge is 2.17. The Morgan fingerprint density at radius 3 is 2.47 bits per heavy atom. The van der Waals surface area contributed by atoms with Crippen molar-refractivity contribution in [1.29, 1.82) is 0 Å². The number of rotatable bonds is 4. The largest absolute Gasteiger partial charge is 0.327 e. The van der Waals surface area contributed by atoms with Gasteiger partial charge in [-0.25, -0.2) is 0 Å². The molecule has 2 N–H and O–H groups in total. The normalized spacial score (nSPS) is 14.2. The molecular formula is C13H15N3S. The summed E-state index contributed by atoms with van der Waals surface area (Å²) in [6.45, 7) is 2.02. The van der Waals surface area contributed by atoms with E-state index >= 15 is 0 Å². The van der Waals surface area contributed by atoms with Crippen LogP contribution in [0.4, 0.5) is 0 Å². The predicted molar refractivity (Wildman–Crippen MR) is 70.7 cm³/mol. The summed E-state index contributed by atoms with van der Waals surface area (Å²) in [6, 6.07) is 8.07. The second-order valence-electron chi connectivity index (χ2n) is 3.87. The number of pyridine rings is 2. The molecule has 0 aliphatic rings. The number of thioether (sulfide) groups is 1. The lowest BCUT2D eigenvalue weighted by atomic mass is 10.1. The van der Waals surface area contributed by atoms with Crippen LogP contribution in [-0.4, -0.2) is 16.0 Å². The SMILES string of the molecule is CC(N)C(Sc1ccncc1)c1cccnc1. The van der Waals surface area contributed by atoms with Gasteiger partial charge in [0.15, 0.2) is 0 Å². The number of hydrogen-bond acceptors (Lipinski definition) is 4. The van der Waals surface area contributed by atoms with Crippen LogP contribution in [-0.2, 0) is 0 Å². The van der Waals surface area contributed by atoms with Crippen LogP contribution in [0, 0.1) is 0 Å². The van der Waals surface area contributed by atoms with Crippen molar-refractivity contribution in [1.82, 2.24) is 9.97 Å². The Labute approximate surface area is 105 Å². The lowest BCUT2D eigenvalue weighted by Crippen LogP contribution is -2.22. The molecule has 0 aromatic carbocycles. The second kappa shape index (κ2) is 5.80. The van der Waals surface area contributed by atoms with E-state index in [-0.39, 0.29) is 11.3 Å². The van der Waals surface area contributed by atoms with Gasteiger partial charge in [0.25, 0.3) is 0 Å². The number of nitrogens with two attached hydrogens (primary N) is 1. The van der Waals surface area contributed by atoms with Crippen LogP contribution in [0.3, 0.4) is 0 Å². The molecule has 0 aliphatic heterocycles. The van der Waals surface area contributed by atoms with E-state index in [0.717, 1.165) is 5.56 Å². The lowest BCUT2D eigenvalue weighted by Gasteiger charge is -2.20. The van der Waals surface area contributed by atoms with Crippen molar-refractivity contribution in [2.24, 2.45) is 5.73 Å². The minimum absolute atomic E-state index is 0.0670. The van der Waals surface area contributed by atoms with Crippen LogP contribution >= 0.6 is 11.8 Å². The molecule has 2 aromatic heterocycles. The molecule has 3 nitrogen and oxygen atoms in total. The van der Waals surface area contributed by atoms with E-state index in [2.05, 4.69) is 16.0 Å². The zero-order valence-electron chi connectivity index (χ0n) is 9.65. The Kier molecular flexibility index (Phi) is 4.12. The van der Waals surface area contributed by atoms with E-state index in [1.807, 2.05) is 31.3 Å². The average Bonchev–Trinajstić information content (AvgIpc) is 2.38. The van der Waals surface area contributed by atoms with Gasteiger partial charge in [0.2, 0.25) is 0 Å². The van der Waals surface area contributed by atoms with Gasteiger partial charge in [-0.05, 0) is 30.7 Å². The third kappa shape index (κ3) is 3.28. The van der Waals surface area contributed by atoms with E-state index in [4.69, 9.17) is 5.73 Å². The molecule has 0 saturated heterocycles. The molecule has 0 saturated carbocycles. The van der Waals surface area contributed by atoms with Crippen molar-refractivity contribution in [2.75, 3.05) is 0 Å². The van der Waals surface area contributed by atoms with Gasteiger partial charge in [0.1, 0.15) is 0 Å². The summed E-state index contributed by atoms with van der Waals surface area (Å²) < 4.78 is 0. The molecule has 0 aliphatic carbocycles. The highest BCUT2D eigenvalue weighted by molar-refractivity contribution is 7.99. The monoisotopic (exact) mass is 245 g/mol. The van der Waals surface area contributed by atoms with Crippen LogP contribution in [0.25, 0.3) is 0 Å². The summed E-state index contributed by atoms with van der Waals surface area (Å²) in [5.74, 6) is 0. The standard InChI is InChI=1S/C13H15N3S/c1-10(14)13(11-3-2-6-16-9-11)17-12-4-7-15-8-5-12/h2-10,13H,14H2,1H3. The molecule has 2 rings (SSSR count). The van der Waals surface area contributed by atoms with Gasteiger partial charge in [0.05, 0.1) is 5.25 Å². The van der Waals surface area contributed by atoms with Crippen molar-refractivity contribution in [3.63, 3.8) is 0 Å². The zero-order chi connectivity index (χ0) is 12.1. The molecule has 2 heterocycles. The van der Waals surface area contributed by atoms with Gasteiger partial charge in [-0.3, -0.25) is 9.97 Å². The first kappa shape index (κ1) is 12.1. The highest BCUT2D eigenvalue weighted by Crippen LogP contribution is 2.36. The number of aromatic nitrogens is 2. The Morgan fingerprint density at radius 2 is 1.88 bits per heavy atom. The molecule has 2 aromatic rings. The summed E-state index contributed by atoms with van der Waals surface area (Å²) in [4.78, 5) is 9.33. The van der Waals surface area contributed by atoms with Crippen molar-refractivity contribution in [2.45, 2.75) is 23.1 Å². The van der Waals surface area contributed by atoms with E-state index in [1.165, 1.54) is 4.90 Å². The van der Waals surface area contributed by atoms with Crippen LogP contribution in [0.15, 0.2) is 53.9 Å². The Balaban J connectivity index is 2.20. The Hall–Kier alpha value is -1.39. The molecule has 0 amide bonds. The number of nitrogens with zero attached hydrogens (tertiary/aromatic N) is 2. The highest BCUT2D eigenvalue weighted by atomic mass is 32.2. The second-order valence-corrected chi connectivity index (χ2v) is 5.08. The van der Waals surface area contributed by atoms with Crippen molar-refractivity contribution < 1.29 is 0 Å². The third-order valence-electron chi connectivity index (χ3n) is 2.40. The summed E-state index contributed by atoms with van der Waals surface area (Å²) in [5, 5.41) is 0.214. The fraction of sp³-hybridized carbons (Fsp3) is 0.231. The predicted octanol–water partition coefficient (Wildman–Crippen LogP) is 2.66. The Bertz CT molecular complexity index is 445. The van der Waals surface area contributed by atoms with Crippen LogP contribution in [0.5, 0.6) is 0 Å². The quantitative estimate of drug-likeness (QED) is 0.841. The Morgan fingerprint density at radius 1 is 1.12 bits per heavy atom. The number of hydrogen-bond donors (Lipinski definition) is 1. The van der Waals surface area contributed by atoms with Crippen molar-refractivity contribution in [3.05, 3.63) is 54.6 Å². The average molecular weight is 245 g/mol. The fourth-order valence-corrected chi connectivity index (χ4v) is 2.65. The fourth-order valence-electron chi connectivity index (χ4n) is 1.59. The maximum atomic E-state index is 6.05. The van der Waals surface area contributed by atoms with Gasteiger partial charge in [-0.1, -0.05) is 6.07 Å². The molecule has 4 heteroatoms. The molecule has 0 spiro atoms. The first-order valence-corrected chi connectivity index (χ1v) is 6.37. The maximum Gasteiger partial charge on any atom is 0.0508 e. The molecule has 2 unspecified atom stereocenters. The summed E-state index contributed by atoms with van der Waals surface area (Å²) in [6.07, 6.45) is 7.24. The smallest absolute Gasteiger partial charge is 0.0508 e. The molecular weight excluding hydrogens is 230 g/mol. The lowest BCUT2D eigenvalue weighted by molar-refractivity contribution is 0.719. The van der Waals surface area contributed by atoms with Gasteiger partial charge < -0.3 is 5.73 Å². The maximum absolute atomic E-state index is 6.05. The molecule has 0 fully saturated rings. The third-order valence-corrected chi connectivity index (χ3v) is 3.90. The molecule has 88 valence electrons. The summed E-state index contributed by atoms with van der Waals surface area (Å²) >= 11 is 1.74. The molecule has 17 heavy (non-hydrogen) atoms. The van der Waals surface area contributed by atoms with E-state index in [9.17, 15) is 0 Å². The van der Waals surface area contributed by atoms with Gasteiger partial charge in [0, 0.05) is 35.7 Å².